The molecule has 2 heteroatoms. The highest BCUT2D eigenvalue weighted by atomic mass is 15.4. The molecule has 0 saturated carbocycles. The van der Waals surface area contributed by atoms with Gasteiger partial charge < -0.3 is 9.80 Å². The van der Waals surface area contributed by atoms with Gasteiger partial charge in [-0.05, 0) is 63.8 Å². The zero-order valence-corrected chi connectivity index (χ0v) is 15.3. The van der Waals surface area contributed by atoms with E-state index in [0.29, 0.717) is 0 Å². The first-order chi connectivity index (χ1) is 10.9. The Morgan fingerprint density at radius 2 is 0.875 bits per heavy atom. The van der Waals surface area contributed by atoms with E-state index < -0.39 is 0 Å². The maximum atomic E-state index is 2.53. The molecule has 0 amide bonds. The molecule has 130 valence electrons. The summed E-state index contributed by atoms with van der Waals surface area (Å²) in [5, 5.41) is 0. The molecular weight excluding hydrogens is 292 g/mol. The Morgan fingerprint density at radius 3 is 1.17 bits per heavy atom. The van der Waals surface area contributed by atoms with E-state index in [2.05, 4.69) is 75.6 Å². The van der Waals surface area contributed by atoms with E-state index in [4.69, 9.17) is 0 Å². The topological polar surface area (TPSA) is 6.48 Å². The molecule has 0 spiro atoms. The first kappa shape index (κ1) is 18.4. The second-order valence-corrected chi connectivity index (χ2v) is 7.16. The lowest BCUT2D eigenvalue weighted by Gasteiger charge is -2.26. The van der Waals surface area contributed by atoms with Gasteiger partial charge in [0.25, 0.3) is 0 Å². The molecule has 1 aliphatic heterocycles. The molecule has 1 aliphatic rings. The van der Waals surface area contributed by atoms with Crippen molar-refractivity contribution >= 4 is 11.4 Å². The normalized spacial score (nSPS) is 14.1. The number of hydrogen-bond donors (Lipinski definition) is 0. The summed E-state index contributed by atoms with van der Waals surface area (Å²) in [4.78, 5) is 5.06. The molecule has 0 aliphatic carbocycles. The molecule has 24 heavy (non-hydrogen) atoms. The van der Waals surface area contributed by atoms with Gasteiger partial charge >= 0.3 is 0 Å². The van der Waals surface area contributed by atoms with Crippen LogP contribution in [0.2, 0.25) is 0 Å². The van der Waals surface area contributed by atoms with Crippen LogP contribution in [-0.4, -0.2) is 19.8 Å². The highest BCUT2D eigenvalue weighted by molar-refractivity contribution is 5.66. The zero-order chi connectivity index (χ0) is 16.7. The van der Waals surface area contributed by atoms with E-state index in [1.165, 1.54) is 44.8 Å². The molecule has 2 aromatic rings. The SMILES string of the molecule is C.Cc1cc(C)c(N2CCN(c3c(C)cc(C)cc3C)C2)c(C)c1. The lowest BCUT2D eigenvalue weighted by molar-refractivity contribution is 0.930. The zero-order valence-electron chi connectivity index (χ0n) is 15.3. The van der Waals surface area contributed by atoms with Crippen LogP contribution in [0.1, 0.15) is 40.8 Å². The third-order valence-electron chi connectivity index (χ3n) is 4.88. The Bertz CT molecular complexity index is 636. The van der Waals surface area contributed by atoms with E-state index in [1.54, 1.807) is 0 Å². The summed E-state index contributed by atoms with van der Waals surface area (Å²) in [6.07, 6.45) is 0. The lowest BCUT2D eigenvalue weighted by Crippen LogP contribution is -2.27. The van der Waals surface area contributed by atoms with Crippen LogP contribution in [0, 0.1) is 41.5 Å². The van der Waals surface area contributed by atoms with Crippen LogP contribution in [0.4, 0.5) is 11.4 Å². The minimum Gasteiger partial charge on any atom is -0.352 e. The first-order valence-electron chi connectivity index (χ1n) is 8.52. The molecule has 2 aromatic carbocycles. The van der Waals surface area contributed by atoms with Gasteiger partial charge in [0.2, 0.25) is 0 Å². The van der Waals surface area contributed by atoms with Crippen molar-refractivity contribution in [1.29, 1.82) is 0 Å². The predicted octanol–water partition coefficient (Wildman–Crippen LogP) is 5.46. The first-order valence-corrected chi connectivity index (χ1v) is 8.52. The van der Waals surface area contributed by atoms with E-state index in [9.17, 15) is 0 Å². The lowest BCUT2D eigenvalue weighted by atomic mass is 10.0. The summed E-state index contributed by atoms with van der Waals surface area (Å²) in [6, 6.07) is 9.20. The van der Waals surface area contributed by atoms with Crippen molar-refractivity contribution in [3.63, 3.8) is 0 Å². The molecule has 0 bridgehead atoms. The fraction of sp³-hybridized carbons (Fsp3) is 0.455. The quantitative estimate of drug-likeness (QED) is 0.724. The highest BCUT2D eigenvalue weighted by Crippen LogP contribution is 2.32. The maximum absolute atomic E-state index is 2.53. The number of rotatable bonds is 2. The predicted molar refractivity (Wildman–Crippen MR) is 108 cm³/mol. The Labute approximate surface area is 148 Å². The van der Waals surface area contributed by atoms with Gasteiger partial charge in [0.15, 0.2) is 0 Å². The van der Waals surface area contributed by atoms with Gasteiger partial charge in [0.05, 0.1) is 6.67 Å². The minimum atomic E-state index is 0. The van der Waals surface area contributed by atoms with Crippen molar-refractivity contribution in [2.45, 2.75) is 49.0 Å². The van der Waals surface area contributed by atoms with Crippen molar-refractivity contribution in [3.05, 3.63) is 57.6 Å². The number of benzene rings is 2. The van der Waals surface area contributed by atoms with E-state index in [1.807, 2.05) is 0 Å². The average molecular weight is 325 g/mol. The Balaban J connectivity index is 0.00000208. The maximum Gasteiger partial charge on any atom is 0.0904 e. The van der Waals surface area contributed by atoms with Crippen LogP contribution >= 0.6 is 0 Å². The van der Waals surface area contributed by atoms with Gasteiger partial charge in [0.1, 0.15) is 0 Å². The Morgan fingerprint density at radius 1 is 0.583 bits per heavy atom. The standard InChI is InChI=1S/C21H28N2.CH4/c1-14-9-16(3)20(17(4)10-14)22-7-8-23(13-22)21-18(5)11-15(2)12-19(21)6;/h9-12H,7-8,13H2,1-6H3;1H4. The third kappa shape index (κ3) is 3.28. The van der Waals surface area contributed by atoms with Crippen LogP contribution in [0.25, 0.3) is 0 Å². The molecule has 0 radical (unpaired) electrons. The summed E-state index contributed by atoms with van der Waals surface area (Å²) < 4.78 is 0. The van der Waals surface area contributed by atoms with Crippen molar-refractivity contribution in [2.75, 3.05) is 29.6 Å². The Kier molecular flexibility index (Phi) is 5.27. The number of anilines is 2. The minimum absolute atomic E-state index is 0. The highest BCUT2D eigenvalue weighted by Gasteiger charge is 2.24. The van der Waals surface area contributed by atoms with Crippen molar-refractivity contribution in [2.24, 2.45) is 0 Å². The van der Waals surface area contributed by atoms with E-state index >= 15 is 0 Å². The number of aryl methyl sites for hydroxylation is 6. The van der Waals surface area contributed by atoms with Gasteiger partial charge in [0, 0.05) is 24.5 Å². The molecular formula is C22H32N2. The van der Waals surface area contributed by atoms with Gasteiger partial charge in [-0.2, -0.15) is 0 Å². The summed E-state index contributed by atoms with van der Waals surface area (Å²) in [7, 11) is 0. The molecule has 0 atom stereocenters. The monoisotopic (exact) mass is 324 g/mol. The molecule has 0 aromatic heterocycles. The van der Waals surface area contributed by atoms with Crippen LogP contribution in [0.15, 0.2) is 24.3 Å². The molecule has 1 heterocycles. The molecule has 2 nitrogen and oxygen atoms in total. The summed E-state index contributed by atoms with van der Waals surface area (Å²) in [6.45, 7) is 16.5. The number of nitrogens with zero attached hydrogens (tertiary/aromatic N) is 2. The summed E-state index contributed by atoms with van der Waals surface area (Å²) in [5.41, 5.74) is 11.1. The molecule has 1 fully saturated rings. The molecule has 3 rings (SSSR count). The summed E-state index contributed by atoms with van der Waals surface area (Å²) >= 11 is 0. The second kappa shape index (κ2) is 6.88. The van der Waals surface area contributed by atoms with Gasteiger partial charge in [-0.1, -0.05) is 42.8 Å². The van der Waals surface area contributed by atoms with Crippen LogP contribution in [0.3, 0.4) is 0 Å². The largest absolute Gasteiger partial charge is 0.352 e. The molecule has 0 unspecified atom stereocenters. The number of hydrogen-bond acceptors (Lipinski definition) is 2. The van der Waals surface area contributed by atoms with Gasteiger partial charge in [-0.25, -0.2) is 0 Å². The van der Waals surface area contributed by atoms with Crippen molar-refractivity contribution in [1.82, 2.24) is 0 Å². The van der Waals surface area contributed by atoms with Crippen LogP contribution < -0.4 is 9.80 Å². The van der Waals surface area contributed by atoms with E-state index in [0.717, 1.165) is 19.8 Å². The van der Waals surface area contributed by atoms with Crippen molar-refractivity contribution in [3.8, 4) is 0 Å². The van der Waals surface area contributed by atoms with Gasteiger partial charge in [-0.3, -0.25) is 0 Å². The third-order valence-corrected chi connectivity index (χ3v) is 4.88. The Hall–Kier alpha value is -1.96. The van der Waals surface area contributed by atoms with Crippen LogP contribution in [-0.2, 0) is 0 Å². The fourth-order valence-corrected chi connectivity index (χ4v) is 4.30. The van der Waals surface area contributed by atoms with E-state index in [-0.39, 0.29) is 7.43 Å². The smallest absolute Gasteiger partial charge is 0.0904 e. The fourth-order valence-electron chi connectivity index (χ4n) is 4.30. The van der Waals surface area contributed by atoms with Crippen LogP contribution in [0.5, 0.6) is 0 Å². The average Bonchev–Trinajstić information content (AvgIpc) is 2.85. The van der Waals surface area contributed by atoms with Gasteiger partial charge in [-0.15, -0.1) is 0 Å². The molecule has 1 saturated heterocycles. The summed E-state index contributed by atoms with van der Waals surface area (Å²) in [5.74, 6) is 0. The second-order valence-electron chi connectivity index (χ2n) is 7.16. The molecule has 0 N–H and O–H groups in total. The van der Waals surface area contributed by atoms with Crippen molar-refractivity contribution < 1.29 is 0 Å².